The van der Waals surface area contributed by atoms with Crippen LogP contribution in [0.1, 0.15) is 51.0 Å². The van der Waals surface area contributed by atoms with Crippen LogP contribution < -0.4 is 5.73 Å². The van der Waals surface area contributed by atoms with Gasteiger partial charge in [-0.25, -0.2) is 8.42 Å². The molecule has 0 amide bonds. The summed E-state index contributed by atoms with van der Waals surface area (Å²) < 4.78 is 28.6. The molecule has 0 saturated carbocycles. The zero-order valence-corrected chi connectivity index (χ0v) is 20.5. The first-order valence-corrected chi connectivity index (χ1v) is 13.6. The van der Waals surface area contributed by atoms with Crippen LogP contribution in [0.25, 0.3) is 0 Å². The van der Waals surface area contributed by atoms with E-state index in [9.17, 15) is 13.2 Å². The van der Waals surface area contributed by atoms with Crippen molar-refractivity contribution in [2.45, 2.75) is 62.4 Å². The third-order valence-corrected chi connectivity index (χ3v) is 7.16. The first-order valence-electron chi connectivity index (χ1n) is 11.7. The fourth-order valence-electron chi connectivity index (χ4n) is 4.00. The van der Waals surface area contributed by atoms with E-state index < -0.39 is 15.4 Å². The molecule has 0 bridgehead atoms. The standard InChI is InChI=1S/C24H40N3O4S/c1-4-6-12-24(25,23(28)31-19-5-2)13-7-14-26-15-17-27(18-16-26)20-21-8-10-22(11-9-21)32(3,29)30/h8-11H,1,4-7,12-20,25H2,2-3H3. The number of carbonyl (C=O) groups is 1. The smallest absolute Gasteiger partial charge is 0.326 e. The molecule has 0 aromatic heterocycles. The summed E-state index contributed by atoms with van der Waals surface area (Å²) >= 11 is 0. The molecule has 1 aromatic rings. The van der Waals surface area contributed by atoms with E-state index >= 15 is 0 Å². The summed E-state index contributed by atoms with van der Waals surface area (Å²) in [7, 11) is -3.16. The number of hydrogen-bond donors (Lipinski definition) is 1. The molecule has 1 heterocycles. The third-order valence-electron chi connectivity index (χ3n) is 6.04. The van der Waals surface area contributed by atoms with Gasteiger partial charge in [0.1, 0.15) is 5.54 Å². The summed E-state index contributed by atoms with van der Waals surface area (Å²) in [4.78, 5) is 17.6. The maximum Gasteiger partial charge on any atom is 0.326 e. The van der Waals surface area contributed by atoms with Crippen molar-refractivity contribution >= 4 is 15.8 Å². The highest BCUT2D eigenvalue weighted by atomic mass is 32.2. The highest BCUT2D eigenvalue weighted by Crippen LogP contribution is 2.21. The number of piperazine rings is 1. The van der Waals surface area contributed by atoms with Crippen LogP contribution in [0.3, 0.4) is 0 Å². The Hall–Kier alpha value is -1.48. The van der Waals surface area contributed by atoms with E-state index in [2.05, 4.69) is 16.7 Å². The summed E-state index contributed by atoms with van der Waals surface area (Å²) in [5.74, 6) is -0.278. The average Bonchev–Trinajstić information content (AvgIpc) is 2.77. The molecule has 1 atom stereocenters. The summed E-state index contributed by atoms with van der Waals surface area (Å²) in [6.07, 6.45) is 5.71. The van der Waals surface area contributed by atoms with E-state index in [-0.39, 0.29) is 5.97 Å². The van der Waals surface area contributed by atoms with Crippen LogP contribution in [0, 0.1) is 6.92 Å². The van der Waals surface area contributed by atoms with E-state index in [1.807, 2.05) is 19.1 Å². The number of unbranched alkanes of at least 4 members (excludes halogenated alkanes) is 1. The fraction of sp³-hybridized carbons (Fsp3) is 0.667. The Morgan fingerprint density at radius 3 is 2.25 bits per heavy atom. The van der Waals surface area contributed by atoms with Gasteiger partial charge in [-0.05, 0) is 49.9 Å². The number of sulfone groups is 1. The maximum absolute atomic E-state index is 12.5. The predicted octanol–water partition coefficient (Wildman–Crippen LogP) is 2.64. The lowest BCUT2D eigenvalue weighted by Crippen LogP contribution is -2.50. The number of nitrogens with two attached hydrogens (primary N) is 1. The molecule has 1 aromatic carbocycles. The molecular weight excluding hydrogens is 426 g/mol. The van der Waals surface area contributed by atoms with E-state index in [1.54, 1.807) is 12.1 Å². The van der Waals surface area contributed by atoms with Gasteiger partial charge in [0.15, 0.2) is 9.84 Å². The zero-order valence-electron chi connectivity index (χ0n) is 19.7. The molecule has 8 heteroatoms. The zero-order chi connectivity index (χ0) is 23.6. The van der Waals surface area contributed by atoms with E-state index in [4.69, 9.17) is 10.5 Å². The molecule has 1 aliphatic rings. The molecule has 181 valence electrons. The Morgan fingerprint density at radius 2 is 1.69 bits per heavy atom. The third kappa shape index (κ3) is 8.46. The number of hydrogen-bond acceptors (Lipinski definition) is 7. The van der Waals surface area contributed by atoms with Crippen LogP contribution in [0.4, 0.5) is 0 Å². The molecule has 7 nitrogen and oxygen atoms in total. The monoisotopic (exact) mass is 466 g/mol. The highest BCUT2D eigenvalue weighted by Gasteiger charge is 2.34. The van der Waals surface area contributed by atoms with Crippen LogP contribution >= 0.6 is 0 Å². The highest BCUT2D eigenvalue weighted by molar-refractivity contribution is 7.90. The van der Waals surface area contributed by atoms with Crippen molar-refractivity contribution in [1.82, 2.24) is 9.80 Å². The number of rotatable bonds is 13. The number of esters is 1. The van der Waals surface area contributed by atoms with Crippen molar-refractivity contribution in [2.24, 2.45) is 5.73 Å². The van der Waals surface area contributed by atoms with Gasteiger partial charge in [-0.2, -0.15) is 0 Å². The van der Waals surface area contributed by atoms with Gasteiger partial charge in [0.05, 0.1) is 11.5 Å². The Kier molecular flexibility index (Phi) is 10.6. The minimum Gasteiger partial charge on any atom is -0.464 e. The summed E-state index contributed by atoms with van der Waals surface area (Å²) in [6, 6.07) is 7.15. The van der Waals surface area contributed by atoms with Gasteiger partial charge in [-0.15, -0.1) is 0 Å². The SMILES string of the molecule is [CH2]CCCC(N)(CCCN1CCN(Cc2ccc(S(C)(=O)=O)cc2)CC1)C(=O)OCCC. The van der Waals surface area contributed by atoms with Crippen LogP contribution in [0.5, 0.6) is 0 Å². The minimum absolute atomic E-state index is 0.278. The van der Waals surface area contributed by atoms with Crippen LogP contribution in [-0.2, 0) is 25.9 Å². The average molecular weight is 467 g/mol. The molecule has 2 N–H and O–H groups in total. The van der Waals surface area contributed by atoms with Gasteiger partial charge in [0, 0.05) is 39.0 Å². The number of carbonyl (C=O) groups excluding carboxylic acids is 1. The van der Waals surface area contributed by atoms with E-state index in [0.29, 0.717) is 24.3 Å². The molecule has 1 radical (unpaired) electrons. The Morgan fingerprint density at radius 1 is 1.09 bits per heavy atom. The van der Waals surface area contributed by atoms with Crippen molar-refractivity contribution in [3.8, 4) is 0 Å². The summed E-state index contributed by atoms with van der Waals surface area (Å²) in [6.45, 7) is 11.9. The van der Waals surface area contributed by atoms with Crippen LogP contribution in [0.2, 0.25) is 0 Å². The lowest BCUT2D eigenvalue weighted by atomic mass is 9.88. The molecule has 32 heavy (non-hydrogen) atoms. The van der Waals surface area contributed by atoms with Gasteiger partial charge in [-0.3, -0.25) is 9.69 Å². The maximum atomic E-state index is 12.5. The molecule has 1 unspecified atom stereocenters. The van der Waals surface area contributed by atoms with E-state index in [0.717, 1.165) is 70.5 Å². The number of benzene rings is 1. The van der Waals surface area contributed by atoms with Crippen molar-refractivity contribution < 1.29 is 17.9 Å². The molecule has 1 aliphatic heterocycles. The first kappa shape index (κ1) is 26.8. The first-order chi connectivity index (χ1) is 15.2. The van der Waals surface area contributed by atoms with Gasteiger partial charge in [0.2, 0.25) is 0 Å². The Balaban J connectivity index is 1.76. The summed E-state index contributed by atoms with van der Waals surface area (Å²) in [5, 5.41) is 0. The van der Waals surface area contributed by atoms with Crippen LogP contribution in [0.15, 0.2) is 29.2 Å². The number of ether oxygens (including phenoxy) is 1. The Bertz CT molecular complexity index is 805. The molecule has 2 rings (SSSR count). The molecular formula is C24H40N3O4S. The second kappa shape index (κ2) is 12.7. The van der Waals surface area contributed by atoms with Gasteiger partial charge in [0.25, 0.3) is 0 Å². The van der Waals surface area contributed by atoms with Gasteiger partial charge >= 0.3 is 5.97 Å². The largest absolute Gasteiger partial charge is 0.464 e. The fourth-order valence-corrected chi connectivity index (χ4v) is 4.63. The normalized spacial score (nSPS) is 17.8. The topological polar surface area (TPSA) is 92.9 Å². The lowest BCUT2D eigenvalue weighted by Gasteiger charge is -2.35. The van der Waals surface area contributed by atoms with E-state index in [1.165, 1.54) is 6.26 Å². The Labute approximate surface area is 194 Å². The second-order valence-corrected chi connectivity index (χ2v) is 10.9. The summed E-state index contributed by atoms with van der Waals surface area (Å²) in [5.41, 5.74) is 6.67. The van der Waals surface area contributed by atoms with Gasteiger partial charge in [-0.1, -0.05) is 38.8 Å². The van der Waals surface area contributed by atoms with Crippen molar-refractivity contribution in [3.63, 3.8) is 0 Å². The number of nitrogens with zero attached hydrogens (tertiary/aromatic N) is 2. The molecule has 0 aliphatic carbocycles. The van der Waals surface area contributed by atoms with Gasteiger partial charge < -0.3 is 15.4 Å². The second-order valence-electron chi connectivity index (χ2n) is 8.89. The predicted molar refractivity (Wildman–Crippen MR) is 128 cm³/mol. The van der Waals surface area contributed by atoms with Crippen molar-refractivity contribution in [1.29, 1.82) is 0 Å². The minimum atomic E-state index is -3.16. The van der Waals surface area contributed by atoms with Crippen molar-refractivity contribution in [3.05, 3.63) is 36.8 Å². The van der Waals surface area contributed by atoms with Crippen molar-refractivity contribution in [2.75, 3.05) is 45.6 Å². The molecule has 1 fully saturated rings. The lowest BCUT2D eigenvalue weighted by molar-refractivity contribution is -0.151. The quantitative estimate of drug-likeness (QED) is 0.447. The van der Waals surface area contributed by atoms with Crippen LogP contribution in [-0.4, -0.2) is 75.3 Å². The molecule has 0 spiro atoms. The molecule has 1 saturated heterocycles.